The molecule has 5 rings (SSSR count). The molecule has 0 saturated carbocycles. The molecule has 0 radical (unpaired) electrons. The number of fused-ring (bicyclic) bond motifs is 1. The van der Waals surface area contributed by atoms with Crippen molar-refractivity contribution in [3.8, 4) is 11.3 Å². The maximum Gasteiger partial charge on any atom is 0.416 e. The van der Waals surface area contributed by atoms with Crippen LogP contribution in [-0.4, -0.2) is 17.1 Å². The zero-order valence-electron chi connectivity index (χ0n) is 24.2. The second-order valence-electron chi connectivity index (χ2n) is 10.5. The molecule has 43 heavy (non-hydrogen) atoms. The van der Waals surface area contributed by atoms with E-state index in [0.29, 0.717) is 38.7 Å². The molecular weight excluding hydrogens is 577 g/mol. The number of ether oxygens (including phenoxy) is 1. The standard InChI is InChI=1S/C33H31F3N2O4S/c1-5-8-25-28(31(40)41-6-2)29(21-13-11-20(12-14-21)19(3)4)38-30(39)27(43-32(38)37-25)18-24-15-16-26(42-24)22-9-7-10-23(17-22)33(34,35)36/h7,9-19,29H,5-6,8H2,1-4H3/b27-18-/t29-/m0/s1. The first kappa shape index (κ1) is 30.3. The van der Waals surface area contributed by atoms with Gasteiger partial charge >= 0.3 is 12.1 Å². The predicted octanol–water partition coefficient (Wildman–Crippen LogP) is 6.98. The fourth-order valence-corrected chi connectivity index (χ4v) is 6.06. The Bertz CT molecular complexity index is 1860. The number of allylic oxidation sites excluding steroid dienone is 1. The van der Waals surface area contributed by atoms with Crippen LogP contribution >= 0.6 is 11.3 Å². The summed E-state index contributed by atoms with van der Waals surface area (Å²) in [5.74, 6) is 0.330. The molecule has 0 bridgehead atoms. The number of hydrogen-bond donors (Lipinski definition) is 0. The van der Waals surface area contributed by atoms with Gasteiger partial charge in [0.25, 0.3) is 5.56 Å². The van der Waals surface area contributed by atoms with E-state index in [4.69, 9.17) is 14.1 Å². The van der Waals surface area contributed by atoms with Crippen molar-refractivity contribution in [1.82, 2.24) is 4.57 Å². The van der Waals surface area contributed by atoms with E-state index >= 15 is 0 Å². The summed E-state index contributed by atoms with van der Waals surface area (Å²) in [5.41, 5.74) is 1.92. The molecule has 6 nitrogen and oxygen atoms in total. The Labute approximate surface area is 250 Å². The van der Waals surface area contributed by atoms with Gasteiger partial charge in [-0.25, -0.2) is 9.79 Å². The summed E-state index contributed by atoms with van der Waals surface area (Å²) in [5, 5.41) is 0. The highest BCUT2D eigenvalue weighted by Crippen LogP contribution is 2.34. The van der Waals surface area contributed by atoms with Gasteiger partial charge in [0, 0.05) is 11.6 Å². The molecule has 3 heterocycles. The molecule has 10 heteroatoms. The van der Waals surface area contributed by atoms with Crippen molar-refractivity contribution in [2.24, 2.45) is 4.99 Å². The molecule has 0 N–H and O–H groups in total. The van der Waals surface area contributed by atoms with Gasteiger partial charge in [0.1, 0.15) is 11.5 Å². The molecule has 4 aromatic rings. The SMILES string of the molecule is CCCC1=C(C(=O)OCC)[C@H](c2ccc(C(C)C)cc2)n2c(s/c(=C\c3ccc(-c4cccc(C(F)(F)F)c4)o3)c2=O)=N1. The molecule has 0 unspecified atom stereocenters. The van der Waals surface area contributed by atoms with E-state index in [0.717, 1.165) is 41.0 Å². The quantitative estimate of drug-likeness (QED) is 0.202. The van der Waals surface area contributed by atoms with Crippen LogP contribution in [-0.2, 0) is 15.7 Å². The Morgan fingerprint density at radius 1 is 1.12 bits per heavy atom. The van der Waals surface area contributed by atoms with Gasteiger partial charge in [-0.2, -0.15) is 13.2 Å². The van der Waals surface area contributed by atoms with Crippen LogP contribution in [0.4, 0.5) is 13.2 Å². The summed E-state index contributed by atoms with van der Waals surface area (Å²) in [4.78, 5) is 32.5. The summed E-state index contributed by atoms with van der Waals surface area (Å²) < 4.78 is 52.8. The third-order valence-electron chi connectivity index (χ3n) is 7.19. The Balaban J connectivity index is 1.64. The van der Waals surface area contributed by atoms with E-state index < -0.39 is 23.8 Å². The predicted molar refractivity (Wildman–Crippen MR) is 159 cm³/mol. The fourth-order valence-electron chi connectivity index (χ4n) is 5.06. The smallest absolute Gasteiger partial charge is 0.416 e. The molecule has 2 aromatic heterocycles. The Hall–Kier alpha value is -4.18. The average Bonchev–Trinajstić information content (AvgIpc) is 3.56. The number of esters is 1. The molecule has 1 aliphatic heterocycles. The monoisotopic (exact) mass is 608 g/mol. The van der Waals surface area contributed by atoms with Gasteiger partial charge in [0.05, 0.1) is 34.0 Å². The number of furan rings is 1. The van der Waals surface area contributed by atoms with Crippen molar-refractivity contribution < 1.29 is 27.1 Å². The van der Waals surface area contributed by atoms with Gasteiger partial charge in [-0.05, 0) is 54.7 Å². The highest BCUT2D eigenvalue weighted by molar-refractivity contribution is 7.07. The summed E-state index contributed by atoms with van der Waals surface area (Å²) in [6.45, 7) is 8.09. The van der Waals surface area contributed by atoms with Crippen LogP contribution in [0.5, 0.6) is 0 Å². The molecule has 0 spiro atoms. The molecular formula is C33H31F3N2O4S. The highest BCUT2D eigenvalue weighted by atomic mass is 32.1. The van der Waals surface area contributed by atoms with Crippen LogP contribution in [0.15, 0.2) is 86.1 Å². The molecule has 2 aromatic carbocycles. The Morgan fingerprint density at radius 3 is 2.51 bits per heavy atom. The number of carbonyl (C=O) groups excluding carboxylic acids is 1. The number of benzene rings is 2. The lowest BCUT2D eigenvalue weighted by atomic mass is 9.92. The fraction of sp³-hybridized carbons (Fsp3) is 0.303. The maximum absolute atomic E-state index is 13.9. The number of halogens is 3. The van der Waals surface area contributed by atoms with Gasteiger partial charge in [0.2, 0.25) is 0 Å². The second-order valence-corrected chi connectivity index (χ2v) is 11.5. The number of thiazole rings is 1. The zero-order valence-corrected chi connectivity index (χ0v) is 25.0. The summed E-state index contributed by atoms with van der Waals surface area (Å²) in [6.07, 6.45) is -1.67. The van der Waals surface area contributed by atoms with E-state index in [1.165, 1.54) is 16.7 Å². The van der Waals surface area contributed by atoms with E-state index in [1.54, 1.807) is 25.1 Å². The van der Waals surface area contributed by atoms with Gasteiger partial charge < -0.3 is 9.15 Å². The van der Waals surface area contributed by atoms with Crippen molar-refractivity contribution >= 4 is 23.4 Å². The van der Waals surface area contributed by atoms with E-state index in [9.17, 15) is 22.8 Å². The lowest BCUT2D eigenvalue weighted by Crippen LogP contribution is -2.40. The summed E-state index contributed by atoms with van der Waals surface area (Å²) in [7, 11) is 0. The first-order valence-corrected chi connectivity index (χ1v) is 14.9. The minimum atomic E-state index is -4.48. The lowest BCUT2D eigenvalue weighted by Gasteiger charge is -2.26. The summed E-state index contributed by atoms with van der Waals surface area (Å²) in [6, 6.07) is 15.1. The van der Waals surface area contributed by atoms with Crippen molar-refractivity contribution in [3.63, 3.8) is 0 Å². The molecule has 1 atom stereocenters. The second kappa shape index (κ2) is 12.2. The van der Waals surface area contributed by atoms with Gasteiger partial charge in [-0.1, -0.05) is 74.9 Å². The Morgan fingerprint density at radius 2 is 1.86 bits per heavy atom. The number of nitrogens with zero attached hydrogens (tertiary/aromatic N) is 2. The van der Waals surface area contributed by atoms with Crippen LogP contribution in [0.25, 0.3) is 17.4 Å². The Kier molecular flexibility index (Phi) is 8.59. The van der Waals surface area contributed by atoms with E-state index in [2.05, 4.69) is 13.8 Å². The molecule has 224 valence electrons. The van der Waals surface area contributed by atoms with Crippen molar-refractivity contribution in [2.45, 2.75) is 58.7 Å². The first-order valence-electron chi connectivity index (χ1n) is 14.1. The maximum atomic E-state index is 13.9. The number of alkyl halides is 3. The molecule has 1 aliphatic rings. The molecule has 0 amide bonds. The average molecular weight is 609 g/mol. The normalized spacial score (nSPS) is 15.5. The van der Waals surface area contributed by atoms with Crippen LogP contribution in [0.1, 0.15) is 74.9 Å². The topological polar surface area (TPSA) is 73.8 Å². The molecule has 0 fully saturated rings. The van der Waals surface area contributed by atoms with Gasteiger partial charge in [0.15, 0.2) is 4.80 Å². The van der Waals surface area contributed by atoms with Crippen molar-refractivity contribution in [2.75, 3.05) is 6.61 Å². The van der Waals surface area contributed by atoms with Gasteiger partial charge in [-0.15, -0.1) is 0 Å². The van der Waals surface area contributed by atoms with Crippen LogP contribution in [0.2, 0.25) is 0 Å². The van der Waals surface area contributed by atoms with Gasteiger partial charge in [-0.3, -0.25) is 9.36 Å². The van der Waals surface area contributed by atoms with Crippen LogP contribution in [0, 0.1) is 0 Å². The third-order valence-corrected chi connectivity index (χ3v) is 8.17. The summed E-state index contributed by atoms with van der Waals surface area (Å²) >= 11 is 1.16. The number of aromatic nitrogens is 1. The lowest BCUT2D eigenvalue weighted by molar-refractivity contribution is -0.139. The minimum absolute atomic E-state index is 0.178. The zero-order chi connectivity index (χ0) is 30.9. The van der Waals surface area contributed by atoms with E-state index in [-0.39, 0.29) is 23.5 Å². The number of carbonyl (C=O) groups is 1. The van der Waals surface area contributed by atoms with Crippen LogP contribution < -0.4 is 14.9 Å². The largest absolute Gasteiger partial charge is 0.463 e. The van der Waals surface area contributed by atoms with Crippen molar-refractivity contribution in [3.05, 3.63) is 114 Å². The third kappa shape index (κ3) is 6.15. The van der Waals surface area contributed by atoms with E-state index in [1.807, 2.05) is 31.2 Å². The number of hydrogen-bond acceptors (Lipinski definition) is 6. The number of rotatable bonds is 8. The first-order chi connectivity index (χ1) is 20.5. The highest BCUT2D eigenvalue weighted by Gasteiger charge is 2.34. The van der Waals surface area contributed by atoms with Crippen LogP contribution in [0.3, 0.4) is 0 Å². The molecule has 0 aliphatic carbocycles. The minimum Gasteiger partial charge on any atom is -0.463 e. The molecule has 0 saturated heterocycles. The van der Waals surface area contributed by atoms with Crippen molar-refractivity contribution in [1.29, 1.82) is 0 Å².